The molecule has 0 atom stereocenters. The molecule has 192 valence electrons. The van der Waals surface area contributed by atoms with Crippen LogP contribution in [0.4, 0.5) is 0 Å². The maximum atomic E-state index is 6.79. The molecule has 6 aromatic carbocycles. The molecule has 41 heavy (non-hydrogen) atoms. The molecule has 0 saturated carbocycles. The zero-order valence-corrected chi connectivity index (χ0v) is 22.7. The van der Waals surface area contributed by atoms with Crippen molar-refractivity contribution in [3.05, 3.63) is 138 Å². The topological polar surface area (TPSA) is 38.7 Å². The van der Waals surface area contributed by atoms with Gasteiger partial charge in [-0.25, -0.2) is 15.0 Å². The first kappa shape index (κ1) is 23.7. The summed E-state index contributed by atoms with van der Waals surface area (Å²) >= 11 is 6.79. The highest BCUT2D eigenvalue weighted by molar-refractivity contribution is 6.31. The lowest BCUT2D eigenvalue weighted by Gasteiger charge is -2.13. The van der Waals surface area contributed by atoms with Gasteiger partial charge in [0.2, 0.25) is 0 Å². The molecule has 7 aromatic rings. The minimum absolute atomic E-state index is 0.583. The van der Waals surface area contributed by atoms with Crippen LogP contribution in [0.1, 0.15) is 0 Å². The third-order valence-electron chi connectivity index (χ3n) is 7.71. The van der Waals surface area contributed by atoms with E-state index in [1.807, 2.05) is 72.8 Å². The molecule has 0 unspecified atom stereocenters. The summed E-state index contributed by atoms with van der Waals surface area (Å²) in [6.45, 7) is 0. The molecular formula is C37H22ClN3. The zero-order chi connectivity index (χ0) is 27.3. The minimum Gasteiger partial charge on any atom is -0.208 e. The van der Waals surface area contributed by atoms with Crippen LogP contribution in [0.15, 0.2) is 133 Å². The van der Waals surface area contributed by atoms with Crippen molar-refractivity contribution in [2.75, 3.05) is 0 Å². The first-order valence-corrected chi connectivity index (χ1v) is 13.9. The van der Waals surface area contributed by atoms with Gasteiger partial charge in [-0.1, -0.05) is 127 Å². The van der Waals surface area contributed by atoms with Crippen molar-refractivity contribution in [2.24, 2.45) is 0 Å². The minimum atomic E-state index is 0.583. The van der Waals surface area contributed by atoms with Gasteiger partial charge < -0.3 is 0 Å². The molecule has 0 fully saturated rings. The highest BCUT2D eigenvalue weighted by atomic mass is 35.5. The van der Waals surface area contributed by atoms with Gasteiger partial charge in [-0.3, -0.25) is 0 Å². The van der Waals surface area contributed by atoms with Crippen molar-refractivity contribution in [3.8, 4) is 67.5 Å². The molecular weight excluding hydrogens is 522 g/mol. The number of nitrogens with zero attached hydrogens (tertiary/aromatic N) is 3. The fourth-order valence-electron chi connectivity index (χ4n) is 5.87. The molecule has 0 spiro atoms. The molecule has 1 aliphatic rings. The van der Waals surface area contributed by atoms with E-state index in [1.165, 1.54) is 33.0 Å². The van der Waals surface area contributed by atoms with Crippen LogP contribution in [-0.4, -0.2) is 15.0 Å². The Morgan fingerprint density at radius 3 is 1.49 bits per heavy atom. The molecule has 0 amide bonds. The molecule has 0 saturated heterocycles. The summed E-state index contributed by atoms with van der Waals surface area (Å²) in [5.74, 6) is 1.83. The first-order chi connectivity index (χ1) is 20.2. The fourth-order valence-corrected chi connectivity index (χ4v) is 6.11. The highest BCUT2D eigenvalue weighted by Crippen LogP contribution is 2.49. The van der Waals surface area contributed by atoms with Crippen molar-refractivity contribution in [3.63, 3.8) is 0 Å². The summed E-state index contributed by atoms with van der Waals surface area (Å²) in [7, 11) is 0. The van der Waals surface area contributed by atoms with Gasteiger partial charge in [0.05, 0.1) is 0 Å². The molecule has 1 aromatic heterocycles. The molecule has 4 heteroatoms. The Balaban J connectivity index is 1.32. The van der Waals surface area contributed by atoms with Gasteiger partial charge in [0.25, 0.3) is 0 Å². The second-order valence-corrected chi connectivity index (χ2v) is 10.6. The van der Waals surface area contributed by atoms with Gasteiger partial charge in [-0.2, -0.15) is 0 Å². The van der Waals surface area contributed by atoms with E-state index >= 15 is 0 Å². The lowest BCUT2D eigenvalue weighted by molar-refractivity contribution is 1.07. The van der Waals surface area contributed by atoms with Crippen LogP contribution in [0, 0.1) is 0 Å². The van der Waals surface area contributed by atoms with Crippen molar-refractivity contribution in [1.29, 1.82) is 0 Å². The van der Waals surface area contributed by atoms with Crippen molar-refractivity contribution < 1.29 is 0 Å². The van der Waals surface area contributed by atoms with E-state index in [1.54, 1.807) is 0 Å². The van der Waals surface area contributed by atoms with Gasteiger partial charge in [0, 0.05) is 21.7 Å². The number of hydrogen-bond donors (Lipinski definition) is 0. The molecule has 1 heterocycles. The quantitative estimate of drug-likeness (QED) is 0.222. The maximum absolute atomic E-state index is 6.79. The molecule has 0 aliphatic heterocycles. The summed E-state index contributed by atoms with van der Waals surface area (Å²) in [6, 6.07) is 45.7. The van der Waals surface area contributed by atoms with Gasteiger partial charge >= 0.3 is 0 Å². The Hall–Kier alpha value is -5.12. The Kier molecular flexibility index (Phi) is 5.51. The molecule has 8 rings (SSSR count). The SMILES string of the molecule is Clc1cc(-c2nc(-c3ccccc3)nc(-c3ccccc3)n2)cc(-c2ccc3c4c(cccc24)-c2ccccc2-3)c1. The van der Waals surface area contributed by atoms with Crippen LogP contribution < -0.4 is 0 Å². The van der Waals surface area contributed by atoms with Crippen LogP contribution in [0.25, 0.3) is 78.3 Å². The average Bonchev–Trinajstić information content (AvgIpc) is 3.37. The highest BCUT2D eigenvalue weighted by Gasteiger charge is 2.22. The molecule has 0 radical (unpaired) electrons. The third-order valence-corrected chi connectivity index (χ3v) is 7.93. The van der Waals surface area contributed by atoms with Crippen LogP contribution >= 0.6 is 11.6 Å². The molecule has 3 nitrogen and oxygen atoms in total. The van der Waals surface area contributed by atoms with Crippen molar-refractivity contribution in [1.82, 2.24) is 15.0 Å². The van der Waals surface area contributed by atoms with E-state index in [2.05, 4.69) is 60.7 Å². The van der Waals surface area contributed by atoms with Crippen LogP contribution in [0.2, 0.25) is 5.02 Å². The monoisotopic (exact) mass is 543 g/mol. The van der Waals surface area contributed by atoms with Gasteiger partial charge in [-0.15, -0.1) is 0 Å². The lowest BCUT2D eigenvalue weighted by Crippen LogP contribution is -2.00. The molecule has 0 bridgehead atoms. The summed E-state index contributed by atoms with van der Waals surface area (Å²) < 4.78 is 0. The van der Waals surface area contributed by atoms with Gasteiger partial charge in [0.1, 0.15) is 0 Å². The predicted molar refractivity (Wildman–Crippen MR) is 169 cm³/mol. The number of benzene rings is 6. The second-order valence-electron chi connectivity index (χ2n) is 10.2. The zero-order valence-electron chi connectivity index (χ0n) is 21.9. The predicted octanol–water partition coefficient (Wildman–Crippen LogP) is 9.99. The normalized spacial score (nSPS) is 11.5. The Bertz CT molecular complexity index is 2020. The number of rotatable bonds is 4. The summed E-state index contributed by atoms with van der Waals surface area (Å²) in [4.78, 5) is 14.7. The van der Waals surface area contributed by atoms with E-state index in [0.29, 0.717) is 22.5 Å². The maximum Gasteiger partial charge on any atom is 0.164 e. The largest absolute Gasteiger partial charge is 0.208 e. The smallest absolute Gasteiger partial charge is 0.164 e. The number of aromatic nitrogens is 3. The van der Waals surface area contributed by atoms with Crippen molar-refractivity contribution >= 4 is 22.4 Å². The van der Waals surface area contributed by atoms with Crippen LogP contribution in [0.5, 0.6) is 0 Å². The van der Waals surface area contributed by atoms with E-state index in [-0.39, 0.29) is 0 Å². The summed E-state index contributed by atoms with van der Waals surface area (Å²) in [5.41, 5.74) is 9.97. The third kappa shape index (κ3) is 4.02. The number of fused-ring (bicyclic) bond motifs is 3. The Morgan fingerprint density at radius 2 is 0.854 bits per heavy atom. The standard InChI is InChI=1S/C37H22ClN3/c38-27-21-25(28-18-19-33-30-15-8-7-14-29(30)32-17-9-16-31(28)34(32)33)20-26(22-27)37-40-35(23-10-3-1-4-11-23)39-36(41-37)24-12-5-2-6-13-24/h1-22H. The first-order valence-electron chi connectivity index (χ1n) is 13.6. The van der Waals surface area contributed by atoms with Gasteiger partial charge in [0.15, 0.2) is 17.5 Å². The van der Waals surface area contributed by atoms with Crippen molar-refractivity contribution in [2.45, 2.75) is 0 Å². The van der Waals surface area contributed by atoms with Crippen LogP contribution in [-0.2, 0) is 0 Å². The average molecular weight is 544 g/mol. The number of halogens is 1. The fraction of sp³-hybridized carbons (Fsp3) is 0. The van der Waals surface area contributed by atoms with Crippen LogP contribution in [0.3, 0.4) is 0 Å². The number of hydrogen-bond acceptors (Lipinski definition) is 3. The Labute approximate surface area is 242 Å². The molecule has 1 aliphatic carbocycles. The summed E-state index contributed by atoms with van der Waals surface area (Å²) in [5, 5.41) is 3.12. The summed E-state index contributed by atoms with van der Waals surface area (Å²) in [6.07, 6.45) is 0. The van der Waals surface area contributed by atoms with E-state index in [0.717, 1.165) is 27.8 Å². The Morgan fingerprint density at radius 1 is 0.366 bits per heavy atom. The second kappa shape index (κ2) is 9.51. The van der Waals surface area contributed by atoms with E-state index < -0.39 is 0 Å². The van der Waals surface area contributed by atoms with E-state index in [9.17, 15) is 0 Å². The lowest BCUT2D eigenvalue weighted by atomic mass is 9.93. The molecule has 0 N–H and O–H groups in total. The van der Waals surface area contributed by atoms with E-state index in [4.69, 9.17) is 26.6 Å². The van der Waals surface area contributed by atoms with Gasteiger partial charge in [-0.05, 0) is 62.4 Å².